The fourth-order valence-electron chi connectivity index (χ4n) is 2.37. The van der Waals surface area contributed by atoms with Gasteiger partial charge < -0.3 is 5.32 Å². The highest BCUT2D eigenvalue weighted by Crippen LogP contribution is 2.24. The predicted molar refractivity (Wildman–Crippen MR) is 105 cm³/mol. The number of hydrogen-bond acceptors (Lipinski definition) is 4. The molecule has 0 fully saturated rings. The monoisotopic (exact) mass is 378 g/mol. The summed E-state index contributed by atoms with van der Waals surface area (Å²) in [5.41, 5.74) is 3.19. The first-order chi connectivity index (χ1) is 11.7. The van der Waals surface area contributed by atoms with Gasteiger partial charge in [0, 0.05) is 10.6 Å². The van der Waals surface area contributed by atoms with Crippen LogP contribution in [0.4, 0.5) is 11.4 Å². The van der Waals surface area contributed by atoms with Crippen molar-refractivity contribution in [2.24, 2.45) is 0 Å². The largest absolute Gasteiger partial charge is 0.324 e. The van der Waals surface area contributed by atoms with Crippen molar-refractivity contribution >= 4 is 39.1 Å². The normalized spacial score (nSPS) is 11.2. The minimum atomic E-state index is -3.59. The van der Waals surface area contributed by atoms with E-state index in [1.807, 2.05) is 38.3 Å². The molecule has 0 aromatic heterocycles. The molecule has 0 saturated carbocycles. The van der Waals surface area contributed by atoms with Gasteiger partial charge in [0.15, 0.2) is 0 Å². The molecule has 2 rings (SSSR count). The molecule has 134 valence electrons. The molecule has 25 heavy (non-hydrogen) atoms. The molecule has 1 N–H and O–H groups in total. The lowest BCUT2D eigenvalue weighted by molar-refractivity contribution is -0.114. The van der Waals surface area contributed by atoms with E-state index in [1.165, 1.54) is 11.8 Å². The van der Waals surface area contributed by atoms with Crippen LogP contribution in [0.15, 0.2) is 47.4 Å². The number of nitrogens with one attached hydrogen (secondary N) is 1. The zero-order chi connectivity index (χ0) is 18.6. The molecule has 0 heterocycles. The number of carbonyl (C=O) groups is 1. The smallest absolute Gasteiger partial charge is 0.245 e. The lowest BCUT2D eigenvalue weighted by atomic mass is 10.1. The highest BCUT2D eigenvalue weighted by molar-refractivity contribution is 7.98. The second-order valence-corrected chi connectivity index (χ2v) is 8.55. The Hall–Kier alpha value is -1.99. The third kappa shape index (κ3) is 4.99. The van der Waals surface area contributed by atoms with Gasteiger partial charge in [-0.05, 0) is 55.5 Å². The lowest BCUT2D eigenvalue weighted by Crippen LogP contribution is -2.37. The summed E-state index contributed by atoms with van der Waals surface area (Å²) in [5, 5.41) is 2.80. The Kier molecular flexibility index (Phi) is 6.13. The van der Waals surface area contributed by atoms with Crippen molar-refractivity contribution < 1.29 is 13.2 Å². The number of amides is 1. The Balaban J connectivity index is 2.25. The van der Waals surface area contributed by atoms with E-state index in [0.717, 1.165) is 26.6 Å². The number of nitrogens with zero attached hydrogens (tertiary/aromatic N) is 1. The fourth-order valence-corrected chi connectivity index (χ4v) is 3.67. The van der Waals surface area contributed by atoms with Crippen molar-refractivity contribution in [1.29, 1.82) is 0 Å². The van der Waals surface area contributed by atoms with Gasteiger partial charge in [0.2, 0.25) is 15.9 Å². The first kappa shape index (κ1) is 19.3. The standard InChI is InChI=1S/C18H22N2O3S2/c1-13-7-5-10-17(14(13)2)19-18(21)12-20(25(4,22)23)15-8-6-9-16(11-15)24-3/h5-11H,12H2,1-4H3,(H,19,21). The van der Waals surface area contributed by atoms with Crippen LogP contribution >= 0.6 is 11.8 Å². The fraction of sp³-hybridized carbons (Fsp3) is 0.278. The van der Waals surface area contributed by atoms with E-state index < -0.39 is 10.0 Å². The van der Waals surface area contributed by atoms with Crippen molar-refractivity contribution in [3.05, 3.63) is 53.6 Å². The third-order valence-corrected chi connectivity index (χ3v) is 5.77. The number of hydrogen-bond donors (Lipinski definition) is 1. The zero-order valence-electron chi connectivity index (χ0n) is 14.7. The quantitative estimate of drug-likeness (QED) is 0.782. The van der Waals surface area contributed by atoms with Crippen molar-refractivity contribution in [3.63, 3.8) is 0 Å². The summed E-state index contributed by atoms with van der Waals surface area (Å²) in [6, 6.07) is 12.7. The molecule has 0 aliphatic carbocycles. The number of thioether (sulfide) groups is 1. The number of anilines is 2. The van der Waals surface area contributed by atoms with E-state index in [1.54, 1.807) is 24.3 Å². The zero-order valence-corrected chi connectivity index (χ0v) is 16.4. The molecule has 5 nitrogen and oxygen atoms in total. The molecule has 7 heteroatoms. The van der Waals surface area contributed by atoms with Gasteiger partial charge in [0.1, 0.15) is 6.54 Å². The first-order valence-electron chi connectivity index (χ1n) is 7.70. The van der Waals surface area contributed by atoms with Gasteiger partial charge in [-0.2, -0.15) is 0 Å². The third-order valence-electron chi connectivity index (χ3n) is 3.91. The molecule has 0 aliphatic rings. The summed E-state index contributed by atoms with van der Waals surface area (Å²) in [6.07, 6.45) is 3.01. The lowest BCUT2D eigenvalue weighted by Gasteiger charge is -2.22. The molecular weight excluding hydrogens is 356 g/mol. The van der Waals surface area contributed by atoms with Crippen LogP contribution in [0.25, 0.3) is 0 Å². The maximum atomic E-state index is 12.4. The molecule has 0 atom stereocenters. The van der Waals surface area contributed by atoms with E-state index >= 15 is 0 Å². The average Bonchev–Trinajstić information content (AvgIpc) is 2.56. The molecule has 2 aromatic carbocycles. The summed E-state index contributed by atoms with van der Waals surface area (Å²) in [4.78, 5) is 13.4. The first-order valence-corrected chi connectivity index (χ1v) is 10.8. The summed E-state index contributed by atoms with van der Waals surface area (Å²) >= 11 is 1.51. The molecule has 0 radical (unpaired) electrons. The number of carbonyl (C=O) groups excluding carboxylic acids is 1. The van der Waals surface area contributed by atoms with Gasteiger partial charge in [0.25, 0.3) is 0 Å². The topological polar surface area (TPSA) is 66.5 Å². The summed E-state index contributed by atoms with van der Waals surface area (Å²) in [6.45, 7) is 3.60. The highest BCUT2D eigenvalue weighted by atomic mass is 32.2. The number of sulfonamides is 1. The maximum Gasteiger partial charge on any atom is 0.245 e. The molecule has 1 amide bonds. The molecule has 0 spiro atoms. The maximum absolute atomic E-state index is 12.4. The Morgan fingerprint density at radius 2 is 1.84 bits per heavy atom. The van der Waals surface area contributed by atoms with Crippen molar-refractivity contribution in [2.75, 3.05) is 28.7 Å². The molecule has 0 unspecified atom stereocenters. The van der Waals surface area contributed by atoms with Crippen LogP contribution in [0.5, 0.6) is 0 Å². The van der Waals surface area contributed by atoms with E-state index in [9.17, 15) is 13.2 Å². The number of benzene rings is 2. The van der Waals surface area contributed by atoms with Gasteiger partial charge in [-0.3, -0.25) is 9.10 Å². The van der Waals surface area contributed by atoms with E-state index in [-0.39, 0.29) is 12.5 Å². The molecule has 0 saturated heterocycles. The minimum Gasteiger partial charge on any atom is -0.324 e. The summed E-state index contributed by atoms with van der Waals surface area (Å²) in [5.74, 6) is -0.381. The number of rotatable bonds is 6. The summed E-state index contributed by atoms with van der Waals surface area (Å²) in [7, 11) is -3.59. The summed E-state index contributed by atoms with van der Waals surface area (Å²) < 4.78 is 25.5. The Morgan fingerprint density at radius 3 is 2.48 bits per heavy atom. The van der Waals surface area contributed by atoms with Gasteiger partial charge in [-0.25, -0.2) is 8.42 Å². The van der Waals surface area contributed by atoms with Crippen molar-refractivity contribution in [1.82, 2.24) is 0 Å². The average molecular weight is 379 g/mol. The SMILES string of the molecule is CSc1cccc(N(CC(=O)Nc2cccc(C)c2C)S(C)(=O)=O)c1. The second-order valence-electron chi connectivity index (χ2n) is 5.77. The molecular formula is C18H22N2O3S2. The van der Waals surface area contributed by atoms with Crippen LogP contribution in [0.2, 0.25) is 0 Å². The van der Waals surface area contributed by atoms with Crippen molar-refractivity contribution in [3.8, 4) is 0 Å². The van der Waals surface area contributed by atoms with Gasteiger partial charge in [-0.1, -0.05) is 18.2 Å². The van der Waals surface area contributed by atoms with E-state index in [4.69, 9.17) is 0 Å². The van der Waals surface area contributed by atoms with E-state index in [2.05, 4.69) is 5.32 Å². The van der Waals surface area contributed by atoms with Gasteiger partial charge >= 0.3 is 0 Å². The van der Waals surface area contributed by atoms with Crippen LogP contribution in [0.1, 0.15) is 11.1 Å². The Bertz CT molecular complexity index is 880. The van der Waals surface area contributed by atoms with Gasteiger partial charge in [-0.15, -0.1) is 11.8 Å². The number of aryl methyl sites for hydroxylation is 1. The van der Waals surface area contributed by atoms with Crippen LogP contribution in [-0.2, 0) is 14.8 Å². The Morgan fingerprint density at radius 1 is 1.16 bits per heavy atom. The van der Waals surface area contributed by atoms with Crippen LogP contribution < -0.4 is 9.62 Å². The molecule has 0 bridgehead atoms. The van der Waals surface area contributed by atoms with Crippen LogP contribution in [0, 0.1) is 13.8 Å². The Labute approximate surface area is 153 Å². The van der Waals surface area contributed by atoms with E-state index in [0.29, 0.717) is 11.4 Å². The predicted octanol–water partition coefficient (Wildman–Crippen LogP) is 3.43. The second kappa shape index (κ2) is 7.93. The van der Waals surface area contributed by atoms with Crippen LogP contribution in [-0.4, -0.2) is 33.4 Å². The molecule has 0 aliphatic heterocycles. The van der Waals surface area contributed by atoms with Crippen molar-refractivity contribution in [2.45, 2.75) is 18.7 Å². The van der Waals surface area contributed by atoms with Gasteiger partial charge in [0.05, 0.1) is 11.9 Å². The molecule has 2 aromatic rings. The highest BCUT2D eigenvalue weighted by Gasteiger charge is 2.21. The van der Waals surface area contributed by atoms with Crippen LogP contribution in [0.3, 0.4) is 0 Å². The minimum absolute atomic E-state index is 0.274.